The Morgan fingerprint density at radius 3 is 1.64 bits per heavy atom. The van der Waals surface area contributed by atoms with Crippen LogP contribution in [-0.4, -0.2) is 39.3 Å². The lowest BCUT2D eigenvalue weighted by atomic mass is 10.5. The van der Waals surface area contributed by atoms with Crippen molar-refractivity contribution in [3.05, 3.63) is 55.8 Å². The number of nitrogens with one attached hydrogen (secondary N) is 1. The van der Waals surface area contributed by atoms with E-state index in [1.165, 1.54) is 24.3 Å². The summed E-state index contributed by atoms with van der Waals surface area (Å²) in [5, 5.41) is 0. The molecule has 0 amide bonds. The normalized spacial score (nSPS) is 11.1. The number of esters is 2. The molecule has 1 aromatic rings. The molecule has 1 rings (SSSR count). The first-order chi connectivity index (χ1) is 11.9. The molecule has 0 saturated heterocycles. The smallest absolute Gasteiger partial charge is 0.336 e. The molecular weight excluding hydrogens is 334 g/mol. The van der Waals surface area contributed by atoms with Gasteiger partial charge in [0.05, 0.1) is 13.1 Å². The zero-order valence-electron chi connectivity index (χ0n) is 13.9. The molecule has 136 valence electrons. The third-order valence-electron chi connectivity index (χ3n) is 2.89. The summed E-state index contributed by atoms with van der Waals surface area (Å²) in [5.41, 5.74) is -2.73. The van der Waals surface area contributed by atoms with E-state index in [1.807, 2.05) is 4.98 Å². The molecule has 1 N–H and O–H groups in total. The van der Waals surface area contributed by atoms with Crippen molar-refractivity contribution in [1.82, 2.24) is 14.1 Å². The van der Waals surface area contributed by atoms with E-state index < -0.39 is 29.0 Å². The Kier molecular flexibility index (Phi) is 7.83. The maximum absolute atomic E-state index is 12.2. The number of aromatic nitrogens is 3. The molecule has 0 aliphatic rings. The van der Waals surface area contributed by atoms with Crippen molar-refractivity contribution >= 4 is 11.9 Å². The SMILES string of the molecule is CC=CC(=O)OCCn1c(=O)[nH]c(=O)n(CCOC(=O)C=CC)c1=O. The molecule has 0 fully saturated rings. The Morgan fingerprint density at radius 2 is 1.28 bits per heavy atom. The van der Waals surface area contributed by atoms with Crippen LogP contribution in [0.15, 0.2) is 38.7 Å². The van der Waals surface area contributed by atoms with Gasteiger partial charge in [0.15, 0.2) is 0 Å². The fourth-order valence-electron chi connectivity index (χ4n) is 1.78. The lowest BCUT2D eigenvalue weighted by Crippen LogP contribution is -2.50. The molecule has 25 heavy (non-hydrogen) atoms. The van der Waals surface area contributed by atoms with E-state index in [2.05, 4.69) is 0 Å². The van der Waals surface area contributed by atoms with Crippen LogP contribution in [0.1, 0.15) is 13.8 Å². The third-order valence-corrected chi connectivity index (χ3v) is 2.89. The number of rotatable bonds is 8. The van der Waals surface area contributed by atoms with Gasteiger partial charge in [-0.3, -0.25) is 4.98 Å². The van der Waals surface area contributed by atoms with Crippen molar-refractivity contribution in [2.24, 2.45) is 0 Å². The second-order valence-electron chi connectivity index (χ2n) is 4.66. The van der Waals surface area contributed by atoms with Crippen LogP contribution in [0.4, 0.5) is 0 Å². The van der Waals surface area contributed by atoms with Crippen molar-refractivity contribution in [2.75, 3.05) is 13.2 Å². The molecule has 0 saturated carbocycles. The number of H-pyrrole nitrogens is 1. The van der Waals surface area contributed by atoms with Crippen LogP contribution in [0.3, 0.4) is 0 Å². The first kappa shape index (κ1) is 19.9. The van der Waals surface area contributed by atoms with Crippen molar-refractivity contribution in [3.8, 4) is 0 Å². The van der Waals surface area contributed by atoms with Gasteiger partial charge >= 0.3 is 29.0 Å². The average Bonchev–Trinajstić information content (AvgIpc) is 2.54. The molecule has 1 aromatic heterocycles. The number of allylic oxidation sites excluding steroid dienone is 2. The predicted molar refractivity (Wildman–Crippen MR) is 87.1 cm³/mol. The van der Waals surface area contributed by atoms with E-state index in [4.69, 9.17) is 9.47 Å². The molecule has 0 bridgehead atoms. The van der Waals surface area contributed by atoms with Gasteiger partial charge in [0.2, 0.25) is 0 Å². The van der Waals surface area contributed by atoms with Gasteiger partial charge < -0.3 is 9.47 Å². The van der Waals surface area contributed by atoms with E-state index >= 15 is 0 Å². The van der Waals surface area contributed by atoms with Gasteiger partial charge in [0.1, 0.15) is 13.2 Å². The summed E-state index contributed by atoms with van der Waals surface area (Å²) < 4.78 is 11.0. The number of ether oxygens (including phenoxy) is 2. The summed E-state index contributed by atoms with van der Waals surface area (Å²) in [6.45, 7) is 2.37. The molecule has 0 aliphatic heterocycles. The molecule has 1 heterocycles. The number of carbonyl (C=O) groups is 2. The highest BCUT2D eigenvalue weighted by Crippen LogP contribution is 1.85. The Labute approximate surface area is 142 Å². The van der Waals surface area contributed by atoms with Gasteiger partial charge in [-0.25, -0.2) is 33.1 Å². The fourth-order valence-corrected chi connectivity index (χ4v) is 1.78. The predicted octanol–water partition coefficient (Wildman–Crippen LogP) is -1.06. The molecule has 0 aromatic carbocycles. The summed E-state index contributed by atoms with van der Waals surface area (Å²) in [6, 6.07) is 0. The maximum atomic E-state index is 12.2. The molecular formula is C15H19N3O7. The van der Waals surface area contributed by atoms with E-state index in [0.717, 1.165) is 9.13 Å². The highest BCUT2D eigenvalue weighted by molar-refractivity contribution is 5.82. The Balaban J connectivity index is 2.85. The minimum atomic E-state index is -0.917. The van der Waals surface area contributed by atoms with Crippen molar-refractivity contribution in [2.45, 2.75) is 26.9 Å². The molecule has 0 spiro atoms. The second-order valence-corrected chi connectivity index (χ2v) is 4.66. The lowest BCUT2D eigenvalue weighted by molar-refractivity contribution is -0.138. The Morgan fingerprint density at radius 1 is 0.880 bits per heavy atom. The van der Waals surface area contributed by atoms with Gasteiger partial charge in [-0.15, -0.1) is 0 Å². The Bertz CT molecular complexity index is 777. The average molecular weight is 353 g/mol. The Hall–Kier alpha value is -3.17. The van der Waals surface area contributed by atoms with Gasteiger partial charge in [0.25, 0.3) is 0 Å². The van der Waals surface area contributed by atoms with Gasteiger partial charge in [-0.1, -0.05) is 12.2 Å². The zero-order chi connectivity index (χ0) is 18.8. The topological polar surface area (TPSA) is 129 Å². The van der Waals surface area contributed by atoms with Crippen molar-refractivity contribution in [1.29, 1.82) is 0 Å². The van der Waals surface area contributed by atoms with Crippen LogP contribution in [-0.2, 0) is 32.2 Å². The number of nitrogens with zero attached hydrogens (tertiary/aromatic N) is 2. The number of carbonyl (C=O) groups excluding carboxylic acids is 2. The summed E-state index contributed by atoms with van der Waals surface area (Å²) in [6.07, 6.45) is 5.34. The third kappa shape index (κ3) is 6.09. The molecule has 0 aliphatic carbocycles. The molecule has 0 radical (unpaired) electrons. The summed E-state index contributed by atoms with van der Waals surface area (Å²) in [5.74, 6) is -1.23. The summed E-state index contributed by atoms with van der Waals surface area (Å²) in [4.78, 5) is 60.0. The number of hydrogen-bond acceptors (Lipinski definition) is 7. The zero-order valence-corrected chi connectivity index (χ0v) is 13.9. The van der Waals surface area contributed by atoms with Crippen molar-refractivity contribution < 1.29 is 19.1 Å². The first-order valence-electron chi connectivity index (χ1n) is 7.43. The van der Waals surface area contributed by atoms with Crippen LogP contribution in [0.25, 0.3) is 0 Å². The highest BCUT2D eigenvalue weighted by Gasteiger charge is 2.10. The van der Waals surface area contributed by atoms with Crippen LogP contribution in [0.5, 0.6) is 0 Å². The van der Waals surface area contributed by atoms with Gasteiger partial charge in [-0.2, -0.15) is 0 Å². The highest BCUT2D eigenvalue weighted by atomic mass is 16.5. The van der Waals surface area contributed by atoms with Crippen LogP contribution < -0.4 is 17.1 Å². The standard InChI is InChI=1S/C15H19N3O7/c1-3-5-11(19)24-9-7-17-13(21)16-14(22)18(15(17)23)8-10-25-12(20)6-4-2/h3-6H,7-10H2,1-2H3,(H,16,21,22). The van der Waals surface area contributed by atoms with Gasteiger partial charge in [0, 0.05) is 12.2 Å². The minimum absolute atomic E-state index is 0.222. The van der Waals surface area contributed by atoms with E-state index in [0.29, 0.717) is 0 Å². The quantitative estimate of drug-likeness (QED) is 0.465. The first-order valence-corrected chi connectivity index (χ1v) is 7.43. The van der Waals surface area contributed by atoms with Crippen molar-refractivity contribution in [3.63, 3.8) is 0 Å². The summed E-state index contributed by atoms with van der Waals surface area (Å²) >= 11 is 0. The van der Waals surface area contributed by atoms with E-state index in [1.54, 1.807) is 13.8 Å². The van der Waals surface area contributed by atoms with Crippen LogP contribution >= 0.6 is 0 Å². The molecule has 10 nitrogen and oxygen atoms in total. The van der Waals surface area contributed by atoms with Crippen LogP contribution in [0.2, 0.25) is 0 Å². The lowest BCUT2D eigenvalue weighted by Gasteiger charge is -2.09. The summed E-state index contributed by atoms with van der Waals surface area (Å²) in [7, 11) is 0. The minimum Gasteiger partial charge on any atom is -0.461 e. The molecule has 10 heteroatoms. The fraction of sp³-hybridized carbons (Fsp3) is 0.400. The maximum Gasteiger partial charge on any atom is 0.336 e. The largest absolute Gasteiger partial charge is 0.461 e. The van der Waals surface area contributed by atoms with E-state index in [-0.39, 0.29) is 26.3 Å². The molecule has 0 atom stereocenters. The number of hydrogen-bond donors (Lipinski definition) is 1. The monoisotopic (exact) mass is 353 g/mol. The number of aromatic amines is 1. The van der Waals surface area contributed by atoms with E-state index in [9.17, 15) is 24.0 Å². The second kappa shape index (κ2) is 9.85. The van der Waals surface area contributed by atoms with Gasteiger partial charge in [-0.05, 0) is 13.8 Å². The molecule has 0 unspecified atom stereocenters. The van der Waals surface area contributed by atoms with Crippen LogP contribution in [0, 0.1) is 0 Å².